The molecule has 0 aromatic rings. The lowest BCUT2D eigenvalue weighted by molar-refractivity contribution is -0.131. The zero-order chi connectivity index (χ0) is 13.1. The van der Waals surface area contributed by atoms with Crippen molar-refractivity contribution in [1.29, 1.82) is 0 Å². The third-order valence-electron chi connectivity index (χ3n) is 4.00. The zero-order valence-electron chi connectivity index (χ0n) is 11.8. The van der Waals surface area contributed by atoms with Crippen LogP contribution in [0.25, 0.3) is 0 Å². The van der Waals surface area contributed by atoms with Gasteiger partial charge in [0.15, 0.2) is 0 Å². The molecule has 2 heterocycles. The van der Waals surface area contributed by atoms with E-state index in [1.807, 2.05) is 0 Å². The molecule has 18 heavy (non-hydrogen) atoms. The Labute approximate surface area is 110 Å². The Bertz CT molecular complexity index is 288. The lowest BCUT2D eigenvalue weighted by Crippen LogP contribution is -2.40. The van der Waals surface area contributed by atoms with Crippen LogP contribution in [0.3, 0.4) is 0 Å². The van der Waals surface area contributed by atoms with Crippen molar-refractivity contribution >= 4 is 5.91 Å². The summed E-state index contributed by atoms with van der Waals surface area (Å²) in [6.07, 6.45) is 3.47. The molecule has 0 bridgehead atoms. The van der Waals surface area contributed by atoms with Crippen LogP contribution in [0, 0.1) is 11.8 Å². The van der Waals surface area contributed by atoms with Gasteiger partial charge in [0.05, 0.1) is 18.8 Å². The van der Waals surface area contributed by atoms with Gasteiger partial charge in [-0.05, 0) is 18.8 Å². The first-order valence-electron chi connectivity index (χ1n) is 7.27. The molecule has 0 aromatic carbocycles. The Kier molecular flexibility index (Phi) is 4.62. The molecule has 2 fully saturated rings. The van der Waals surface area contributed by atoms with Gasteiger partial charge < -0.3 is 9.64 Å². The molecule has 4 nitrogen and oxygen atoms in total. The van der Waals surface area contributed by atoms with Gasteiger partial charge in [0.25, 0.3) is 0 Å². The molecule has 0 radical (unpaired) electrons. The minimum absolute atomic E-state index is 0.00358. The Morgan fingerprint density at radius 1 is 1.50 bits per heavy atom. The second kappa shape index (κ2) is 6.02. The highest BCUT2D eigenvalue weighted by Crippen LogP contribution is 2.23. The summed E-state index contributed by atoms with van der Waals surface area (Å²) >= 11 is 0. The number of ether oxygens (including phenoxy) is 1. The molecule has 0 aromatic heterocycles. The van der Waals surface area contributed by atoms with E-state index in [4.69, 9.17) is 4.74 Å². The predicted octanol–water partition coefficient (Wildman–Crippen LogP) is 1.61. The van der Waals surface area contributed by atoms with E-state index < -0.39 is 0 Å². The van der Waals surface area contributed by atoms with Crippen LogP contribution in [0.2, 0.25) is 0 Å². The van der Waals surface area contributed by atoms with Crippen molar-refractivity contribution in [2.45, 2.75) is 52.2 Å². The number of carbonyl (C=O) groups is 1. The van der Waals surface area contributed by atoms with E-state index in [0.29, 0.717) is 11.8 Å². The van der Waals surface area contributed by atoms with Crippen molar-refractivity contribution in [3.05, 3.63) is 0 Å². The van der Waals surface area contributed by atoms with Gasteiger partial charge in [0, 0.05) is 19.1 Å². The quantitative estimate of drug-likeness (QED) is 0.810. The molecule has 3 unspecified atom stereocenters. The molecule has 0 saturated carbocycles. The highest BCUT2D eigenvalue weighted by atomic mass is 16.5. The maximum Gasteiger partial charge on any atom is 0.241 e. The normalized spacial score (nSPS) is 32.8. The summed E-state index contributed by atoms with van der Waals surface area (Å²) in [5, 5.41) is 3.50. The maximum atomic E-state index is 12.4. The number of hydrogen-bond acceptors (Lipinski definition) is 3. The van der Waals surface area contributed by atoms with Crippen molar-refractivity contribution in [1.82, 2.24) is 10.2 Å². The van der Waals surface area contributed by atoms with Crippen LogP contribution < -0.4 is 5.32 Å². The van der Waals surface area contributed by atoms with Gasteiger partial charge in [0.1, 0.15) is 0 Å². The van der Waals surface area contributed by atoms with Crippen LogP contribution in [0.4, 0.5) is 0 Å². The van der Waals surface area contributed by atoms with E-state index in [1.165, 1.54) is 0 Å². The Balaban J connectivity index is 2.01. The molecule has 2 saturated heterocycles. The van der Waals surface area contributed by atoms with Crippen molar-refractivity contribution in [2.24, 2.45) is 11.8 Å². The van der Waals surface area contributed by atoms with Crippen molar-refractivity contribution in [3.63, 3.8) is 0 Å². The fourth-order valence-corrected chi connectivity index (χ4v) is 2.91. The monoisotopic (exact) mass is 254 g/mol. The first kappa shape index (κ1) is 13.8. The van der Waals surface area contributed by atoms with E-state index in [-0.39, 0.29) is 18.1 Å². The van der Waals surface area contributed by atoms with Gasteiger partial charge in [0.2, 0.25) is 5.91 Å². The lowest BCUT2D eigenvalue weighted by Gasteiger charge is -2.26. The van der Waals surface area contributed by atoms with Crippen molar-refractivity contribution in [3.8, 4) is 0 Å². The Hall–Kier alpha value is -0.610. The van der Waals surface area contributed by atoms with Crippen LogP contribution in [0.5, 0.6) is 0 Å². The Morgan fingerprint density at radius 3 is 2.83 bits per heavy atom. The van der Waals surface area contributed by atoms with Crippen molar-refractivity contribution < 1.29 is 9.53 Å². The van der Waals surface area contributed by atoms with Crippen molar-refractivity contribution in [2.75, 3.05) is 19.8 Å². The average molecular weight is 254 g/mol. The standard InChI is InChI=1S/C14H26N2O2/c1-4-5-12-15-13(10(2)3)14(17)16(12)8-11-6-7-18-9-11/h10-13,15H,4-9H2,1-3H3. The minimum Gasteiger partial charge on any atom is -0.381 e. The highest BCUT2D eigenvalue weighted by molar-refractivity contribution is 5.84. The molecule has 4 heteroatoms. The summed E-state index contributed by atoms with van der Waals surface area (Å²) in [6, 6.07) is 0.00358. The summed E-state index contributed by atoms with van der Waals surface area (Å²) in [6.45, 7) is 8.92. The number of nitrogens with zero attached hydrogens (tertiary/aromatic N) is 1. The van der Waals surface area contributed by atoms with E-state index in [2.05, 4.69) is 31.0 Å². The van der Waals surface area contributed by atoms with Crippen LogP contribution >= 0.6 is 0 Å². The average Bonchev–Trinajstić information content (AvgIpc) is 2.92. The number of rotatable bonds is 5. The smallest absolute Gasteiger partial charge is 0.241 e. The predicted molar refractivity (Wildman–Crippen MR) is 71.1 cm³/mol. The highest BCUT2D eigenvalue weighted by Gasteiger charge is 2.40. The number of amides is 1. The molecule has 2 aliphatic rings. The van der Waals surface area contributed by atoms with E-state index >= 15 is 0 Å². The summed E-state index contributed by atoms with van der Waals surface area (Å²) in [7, 11) is 0. The molecule has 1 amide bonds. The lowest BCUT2D eigenvalue weighted by atomic mass is 10.0. The van der Waals surface area contributed by atoms with E-state index in [0.717, 1.165) is 39.0 Å². The summed E-state index contributed by atoms with van der Waals surface area (Å²) < 4.78 is 5.41. The first-order chi connectivity index (χ1) is 8.63. The summed E-state index contributed by atoms with van der Waals surface area (Å²) in [5.41, 5.74) is 0. The third-order valence-corrected chi connectivity index (χ3v) is 4.00. The minimum atomic E-state index is 0.00358. The fourth-order valence-electron chi connectivity index (χ4n) is 2.91. The number of hydrogen-bond donors (Lipinski definition) is 1. The fraction of sp³-hybridized carbons (Fsp3) is 0.929. The van der Waals surface area contributed by atoms with Gasteiger partial charge in [-0.15, -0.1) is 0 Å². The molecule has 2 aliphatic heterocycles. The topological polar surface area (TPSA) is 41.6 Å². The van der Waals surface area contributed by atoms with Crippen LogP contribution in [-0.4, -0.2) is 42.8 Å². The zero-order valence-corrected chi connectivity index (χ0v) is 11.8. The SMILES string of the molecule is CCCC1NC(C(C)C)C(=O)N1CC1CCOC1. The number of nitrogens with one attached hydrogen (secondary N) is 1. The van der Waals surface area contributed by atoms with Gasteiger partial charge in [-0.1, -0.05) is 27.2 Å². The molecular weight excluding hydrogens is 228 g/mol. The third kappa shape index (κ3) is 2.86. The molecule has 3 atom stereocenters. The Morgan fingerprint density at radius 2 is 2.28 bits per heavy atom. The van der Waals surface area contributed by atoms with Crippen LogP contribution in [0.15, 0.2) is 0 Å². The second-order valence-electron chi connectivity index (χ2n) is 5.91. The van der Waals surface area contributed by atoms with E-state index in [9.17, 15) is 4.79 Å². The maximum absolute atomic E-state index is 12.4. The van der Waals surface area contributed by atoms with E-state index in [1.54, 1.807) is 0 Å². The summed E-state index contributed by atoms with van der Waals surface area (Å²) in [4.78, 5) is 14.5. The largest absolute Gasteiger partial charge is 0.381 e. The molecule has 2 rings (SSSR count). The first-order valence-corrected chi connectivity index (χ1v) is 7.27. The molecule has 104 valence electrons. The molecule has 0 spiro atoms. The second-order valence-corrected chi connectivity index (χ2v) is 5.91. The van der Waals surface area contributed by atoms with Gasteiger partial charge in [-0.25, -0.2) is 0 Å². The number of carbonyl (C=O) groups excluding carboxylic acids is 1. The molecular formula is C14H26N2O2. The summed E-state index contributed by atoms with van der Waals surface area (Å²) in [5.74, 6) is 1.18. The van der Waals surface area contributed by atoms with Crippen LogP contribution in [-0.2, 0) is 9.53 Å². The van der Waals surface area contributed by atoms with Gasteiger partial charge in [-0.2, -0.15) is 0 Å². The molecule has 0 aliphatic carbocycles. The molecule has 1 N–H and O–H groups in total. The van der Waals surface area contributed by atoms with Crippen LogP contribution in [0.1, 0.15) is 40.0 Å². The van der Waals surface area contributed by atoms with Gasteiger partial charge >= 0.3 is 0 Å². The van der Waals surface area contributed by atoms with Gasteiger partial charge in [-0.3, -0.25) is 10.1 Å².